The Hall–Kier alpha value is -1.23. The third-order valence-electron chi connectivity index (χ3n) is 2.99. The summed E-state index contributed by atoms with van der Waals surface area (Å²) in [4.78, 5) is 0. The van der Waals surface area contributed by atoms with E-state index < -0.39 is 6.36 Å². The van der Waals surface area contributed by atoms with Gasteiger partial charge in [0, 0.05) is 6.04 Å². The molecule has 0 amide bonds. The minimum atomic E-state index is -4.64. The lowest BCUT2D eigenvalue weighted by atomic mass is 9.83. The van der Waals surface area contributed by atoms with Crippen LogP contribution in [0.1, 0.15) is 26.3 Å². The van der Waals surface area contributed by atoms with Crippen LogP contribution < -0.4 is 10.1 Å². The summed E-state index contributed by atoms with van der Waals surface area (Å²) in [6.07, 6.45) is -3.88. The minimum absolute atomic E-state index is 0.0793. The Balaban J connectivity index is 2.71. The smallest absolute Gasteiger partial charge is 0.406 e. The number of hydrogen-bond acceptors (Lipinski definition) is 2. The molecule has 1 unspecified atom stereocenters. The molecule has 0 heterocycles. The first kappa shape index (κ1) is 15.8. The van der Waals surface area contributed by atoms with Crippen LogP contribution in [0.2, 0.25) is 0 Å². The van der Waals surface area contributed by atoms with Gasteiger partial charge in [0.1, 0.15) is 5.75 Å². The van der Waals surface area contributed by atoms with Gasteiger partial charge in [0.05, 0.1) is 0 Å². The quantitative estimate of drug-likeness (QED) is 0.903. The van der Waals surface area contributed by atoms with E-state index in [4.69, 9.17) is 0 Å². The van der Waals surface area contributed by atoms with Crippen LogP contribution in [0, 0.1) is 5.41 Å². The first-order valence-electron chi connectivity index (χ1n) is 6.14. The Morgan fingerprint density at radius 3 is 2.00 bits per heavy atom. The van der Waals surface area contributed by atoms with Gasteiger partial charge in [-0.15, -0.1) is 13.2 Å². The maximum Gasteiger partial charge on any atom is 0.573 e. The van der Waals surface area contributed by atoms with Gasteiger partial charge in [-0.1, -0.05) is 32.9 Å². The van der Waals surface area contributed by atoms with E-state index in [9.17, 15) is 13.2 Å². The molecule has 0 fully saturated rings. The highest BCUT2D eigenvalue weighted by Gasteiger charge is 2.31. The second kappa shape index (κ2) is 5.82. The summed E-state index contributed by atoms with van der Waals surface area (Å²) in [5.74, 6) is -0.187. The van der Waals surface area contributed by atoms with Gasteiger partial charge in [-0.05, 0) is 36.6 Å². The van der Waals surface area contributed by atoms with Gasteiger partial charge in [0.2, 0.25) is 0 Å². The summed E-state index contributed by atoms with van der Waals surface area (Å²) in [5, 5.41) is 3.23. The largest absolute Gasteiger partial charge is 0.573 e. The molecule has 19 heavy (non-hydrogen) atoms. The average Bonchev–Trinajstić information content (AvgIpc) is 2.24. The Bertz CT molecular complexity index is 393. The van der Waals surface area contributed by atoms with E-state index in [0.717, 1.165) is 12.0 Å². The first-order valence-corrected chi connectivity index (χ1v) is 6.14. The second-order valence-electron chi connectivity index (χ2n) is 5.60. The van der Waals surface area contributed by atoms with Gasteiger partial charge in [-0.3, -0.25) is 0 Å². The maximum absolute atomic E-state index is 12.0. The van der Waals surface area contributed by atoms with Gasteiger partial charge in [0.15, 0.2) is 0 Å². The molecule has 0 saturated carbocycles. The highest BCUT2D eigenvalue weighted by molar-refractivity contribution is 5.28. The highest BCUT2D eigenvalue weighted by Crippen LogP contribution is 2.25. The Labute approximate surface area is 112 Å². The zero-order valence-corrected chi connectivity index (χ0v) is 11.6. The van der Waals surface area contributed by atoms with Crippen LogP contribution in [0.3, 0.4) is 0 Å². The van der Waals surface area contributed by atoms with E-state index in [0.29, 0.717) is 0 Å². The Kier molecular flexibility index (Phi) is 4.85. The van der Waals surface area contributed by atoms with Crippen molar-refractivity contribution < 1.29 is 17.9 Å². The van der Waals surface area contributed by atoms with Crippen LogP contribution in [0.5, 0.6) is 5.75 Å². The minimum Gasteiger partial charge on any atom is -0.406 e. The molecule has 0 saturated heterocycles. The summed E-state index contributed by atoms with van der Waals surface area (Å²) < 4.78 is 39.9. The second-order valence-corrected chi connectivity index (χ2v) is 5.60. The third-order valence-corrected chi connectivity index (χ3v) is 2.99. The van der Waals surface area contributed by atoms with Gasteiger partial charge in [-0.25, -0.2) is 0 Å². The van der Waals surface area contributed by atoms with E-state index in [2.05, 4.69) is 30.8 Å². The molecular weight excluding hydrogens is 255 g/mol. The molecule has 0 bridgehead atoms. The molecule has 1 aromatic rings. The summed E-state index contributed by atoms with van der Waals surface area (Å²) >= 11 is 0. The van der Waals surface area contributed by atoms with Crippen LogP contribution in [0.25, 0.3) is 0 Å². The number of alkyl halides is 3. The fraction of sp³-hybridized carbons (Fsp3) is 0.571. The lowest BCUT2D eigenvalue weighted by Gasteiger charge is -2.30. The van der Waals surface area contributed by atoms with Crippen LogP contribution in [-0.2, 0) is 6.42 Å². The number of ether oxygens (including phenoxy) is 1. The molecule has 1 rings (SSSR count). The molecule has 0 radical (unpaired) electrons. The molecule has 5 heteroatoms. The predicted molar refractivity (Wildman–Crippen MR) is 69.1 cm³/mol. The molecule has 1 atom stereocenters. The maximum atomic E-state index is 12.0. The van der Waals surface area contributed by atoms with Crippen molar-refractivity contribution in [1.29, 1.82) is 0 Å². The zero-order valence-electron chi connectivity index (χ0n) is 11.6. The van der Waals surface area contributed by atoms with Crippen LogP contribution >= 0.6 is 0 Å². The molecule has 0 aliphatic heterocycles. The number of benzene rings is 1. The number of likely N-dealkylation sites (N-methyl/N-ethyl adjacent to an activating group) is 1. The van der Waals surface area contributed by atoms with E-state index in [1.807, 2.05) is 7.05 Å². The van der Waals surface area contributed by atoms with Crippen molar-refractivity contribution in [1.82, 2.24) is 5.32 Å². The van der Waals surface area contributed by atoms with Gasteiger partial charge < -0.3 is 10.1 Å². The van der Waals surface area contributed by atoms with Crippen molar-refractivity contribution in [2.75, 3.05) is 7.05 Å². The summed E-state index contributed by atoms with van der Waals surface area (Å²) in [5.41, 5.74) is 1.05. The number of nitrogens with one attached hydrogen (secondary N) is 1. The van der Waals surface area contributed by atoms with E-state index in [-0.39, 0.29) is 17.2 Å². The van der Waals surface area contributed by atoms with Crippen LogP contribution in [0.4, 0.5) is 13.2 Å². The number of halogens is 3. The summed E-state index contributed by atoms with van der Waals surface area (Å²) in [6.45, 7) is 6.36. The van der Waals surface area contributed by atoms with Crippen molar-refractivity contribution in [2.24, 2.45) is 5.41 Å². The monoisotopic (exact) mass is 275 g/mol. The van der Waals surface area contributed by atoms with Crippen LogP contribution in [0.15, 0.2) is 24.3 Å². The van der Waals surface area contributed by atoms with Crippen LogP contribution in [-0.4, -0.2) is 19.5 Å². The van der Waals surface area contributed by atoms with E-state index >= 15 is 0 Å². The zero-order chi connectivity index (χ0) is 14.7. The Morgan fingerprint density at radius 2 is 1.63 bits per heavy atom. The molecule has 108 valence electrons. The average molecular weight is 275 g/mol. The van der Waals surface area contributed by atoms with Crippen molar-refractivity contribution in [3.8, 4) is 5.75 Å². The van der Waals surface area contributed by atoms with Crippen molar-refractivity contribution in [3.63, 3.8) is 0 Å². The first-order chi connectivity index (χ1) is 8.62. The standard InChI is InChI=1S/C14H20F3NO/c1-13(2,3)12(18-4)9-10-5-7-11(8-6-10)19-14(15,16)17/h5-8,12,18H,9H2,1-4H3. The number of rotatable bonds is 4. The molecule has 0 aliphatic carbocycles. The highest BCUT2D eigenvalue weighted by atomic mass is 19.4. The Morgan fingerprint density at radius 1 is 1.11 bits per heavy atom. The fourth-order valence-corrected chi connectivity index (χ4v) is 1.90. The summed E-state index contributed by atoms with van der Waals surface area (Å²) in [7, 11) is 1.89. The van der Waals surface area contributed by atoms with Gasteiger partial charge >= 0.3 is 6.36 Å². The molecule has 1 N–H and O–H groups in total. The molecule has 0 spiro atoms. The normalized spacial score (nSPS) is 14.3. The van der Waals surface area contributed by atoms with Gasteiger partial charge in [0.25, 0.3) is 0 Å². The molecule has 0 aliphatic rings. The van der Waals surface area contributed by atoms with Gasteiger partial charge in [-0.2, -0.15) is 0 Å². The third kappa shape index (κ3) is 5.51. The van der Waals surface area contributed by atoms with E-state index in [1.54, 1.807) is 12.1 Å². The molecule has 2 nitrogen and oxygen atoms in total. The predicted octanol–water partition coefficient (Wildman–Crippen LogP) is 3.76. The SMILES string of the molecule is CNC(Cc1ccc(OC(F)(F)F)cc1)C(C)(C)C. The molecule has 1 aromatic carbocycles. The molecular formula is C14H20F3NO. The summed E-state index contributed by atoms with van der Waals surface area (Å²) in [6, 6.07) is 6.27. The van der Waals surface area contributed by atoms with Crippen molar-refractivity contribution >= 4 is 0 Å². The number of hydrogen-bond donors (Lipinski definition) is 1. The fourth-order valence-electron chi connectivity index (χ4n) is 1.90. The van der Waals surface area contributed by atoms with E-state index in [1.165, 1.54) is 12.1 Å². The van der Waals surface area contributed by atoms with Crippen molar-refractivity contribution in [3.05, 3.63) is 29.8 Å². The topological polar surface area (TPSA) is 21.3 Å². The molecule has 0 aromatic heterocycles. The van der Waals surface area contributed by atoms with Crippen molar-refractivity contribution in [2.45, 2.75) is 39.6 Å². The lowest BCUT2D eigenvalue weighted by Crippen LogP contribution is -2.39. The lowest BCUT2D eigenvalue weighted by molar-refractivity contribution is -0.274.